The number of nitrogens with zero attached hydrogens (tertiary/aromatic N) is 4. The first-order valence-electron chi connectivity index (χ1n) is 9.00. The summed E-state index contributed by atoms with van der Waals surface area (Å²) in [5.41, 5.74) is -2.41. The zero-order chi connectivity index (χ0) is 22.6. The lowest BCUT2D eigenvalue weighted by Gasteiger charge is -2.26. The average molecular weight is 420 g/mol. The molecule has 1 aromatic carbocycles. The van der Waals surface area contributed by atoms with Gasteiger partial charge in [0.05, 0.1) is 19.1 Å². The van der Waals surface area contributed by atoms with E-state index in [1.165, 1.54) is 30.2 Å². The van der Waals surface area contributed by atoms with Crippen molar-refractivity contribution in [2.45, 2.75) is 32.6 Å². The van der Waals surface area contributed by atoms with Gasteiger partial charge in [0.15, 0.2) is 11.6 Å². The molecule has 1 heterocycles. The van der Waals surface area contributed by atoms with Gasteiger partial charge in [-0.1, -0.05) is 18.2 Å². The average Bonchev–Trinajstić information content (AvgIpc) is 2.72. The molecular weight excluding hydrogens is 398 g/mol. The monoisotopic (exact) mass is 420 g/mol. The van der Waals surface area contributed by atoms with Crippen LogP contribution in [0.2, 0.25) is 0 Å². The standard InChI is InChI=1S/C20H22F2N4O4/c1-5-9-24-18(28)25(10-6-2)20(30)26(19(24)29)12-17(27)23(4)13(3)14-7-8-15(21)16(22)11-14/h5-8,11,13H,1-2,9-10,12H2,3-4H3. The molecule has 1 amide bonds. The molecule has 0 N–H and O–H groups in total. The van der Waals surface area contributed by atoms with E-state index in [1.807, 2.05) is 0 Å². The predicted octanol–water partition coefficient (Wildman–Crippen LogP) is 1.04. The number of hydrogen-bond acceptors (Lipinski definition) is 4. The Bertz CT molecular complexity index is 1110. The molecule has 0 fully saturated rings. The van der Waals surface area contributed by atoms with Gasteiger partial charge in [0.1, 0.15) is 6.54 Å². The molecule has 0 aliphatic heterocycles. The Morgan fingerprint density at radius 2 is 1.50 bits per heavy atom. The van der Waals surface area contributed by atoms with Gasteiger partial charge in [0, 0.05) is 7.05 Å². The van der Waals surface area contributed by atoms with Crippen LogP contribution in [-0.4, -0.2) is 31.6 Å². The zero-order valence-corrected chi connectivity index (χ0v) is 16.7. The minimum Gasteiger partial charge on any atom is -0.337 e. The Hall–Kier alpha value is -3.56. The van der Waals surface area contributed by atoms with Crippen molar-refractivity contribution in [2.24, 2.45) is 0 Å². The molecule has 30 heavy (non-hydrogen) atoms. The molecule has 0 radical (unpaired) electrons. The number of likely N-dealkylation sites (N-methyl/N-ethyl adjacent to an activating group) is 1. The van der Waals surface area contributed by atoms with Crippen molar-refractivity contribution in [3.05, 3.63) is 92.2 Å². The molecule has 160 valence electrons. The summed E-state index contributed by atoms with van der Waals surface area (Å²) in [6, 6.07) is 2.58. The lowest BCUT2D eigenvalue weighted by molar-refractivity contribution is -0.132. The number of carbonyl (C=O) groups is 1. The van der Waals surface area contributed by atoms with Crippen molar-refractivity contribution in [3.63, 3.8) is 0 Å². The lowest BCUT2D eigenvalue weighted by atomic mass is 10.1. The number of carbonyl (C=O) groups excluding carboxylic acids is 1. The van der Waals surface area contributed by atoms with E-state index in [0.29, 0.717) is 10.1 Å². The van der Waals surface area contributed by atoms with Gasteiger partial charge in [0.2, 0.25) is 5.91 Å². The number of rotatable bonds is 8. The fourth-order valence-electron chi connectivity index (χ4n) is 2.85. The second kappa shape index (κ2) is 9.29. The van der Waals surface area contributed by atoms with E-state index in [-0.39, 0.29) is 13.1 Å². The van der Waals surface area contributed by atoms with Gasteiger partial charge in [-0.2, -0.15) is 0 Å². The molecule has 0 saturated heterocycles. The van der Waals surface area contributed by atoms with Crippen LogP contribution in [0.1, 0.15) is 18.5 Å². The van der Waals surface area contributed by atoms with E-state index >= 15 is 0 Å². The van der Waals surface area contributed by atoms with Crippen LogP contribution >= 0.6 is 0 Å². The largest absolute Gasteiger partial charge is 0.337 e. The van der Waals surface area contributed by atoms with Crippen LogP contribution in [0, 0.1) is 11.6 Å². The summed E-state index contributed by atoms with van der Waals surface area (Å²) in [6.07, 6.45) is 2.63. The smallest absolute Gasteiger partial charge is 0.337 e. The molecule has 8 nitrogen and oxygen atoms in total. The maximum Gasteiger partial charge on any atom is 0.337 e. The van der Waals surface area contributed by atoms with Gasteiger partial charge >= 0.3 is 17.1 Å². The second-order valence-electron chi connectivity index (χ2n) is 6.59. The van der Waals surface area contributed by atoms with Crippen molar-refractivity contribution in [2.75, 3.05) is 7.05 Å². The molecule has 0 bridgehead atoms. The lowest BCUT2D eigenvalue weighted by Crippen LogP contribution is -2.55. The van der Waals surface area contributed by atoms with Gasteiger partial charge in [-0.05, 0) is 24.6 Å². The van der Waals surface area contributed by atoms with Crippen molar-refractivity contribution in [1.29, 1.82) is 0 Å². The highest BCUT2D eigenvalue weighted by atomic mass is 19.2. The van der Waals surface area contributed by atoms with E-state index in [4.69, 9.17) is 0 Å². The molecule has 2 aromatic rings. The molecule has 10 heteroatoms. The Morgan fingerprint density at radius 1 is 1.00 bits per heavy atom. The van der Waals surface area contributed by atoms with Crippen LogP contribution in [-0.2, 0) is 24.4 Å². The summed E-state index contributed by atoms with van der Waals surface area (Å²) in [7, 11) is 1.40. The number of allylic oxidation sites excluding steroid dienone is 2. The molecule has 0 aliphatic rings. The maximum atomic E-state index is 13.5. The van der Waals surface area contributed by atoms with Gasteiger partial charge in [-0.3, -0.25) is 4.79 Å². The summed E-state index contributed by atoms with van der Waals surface area (Å²) in [6.45, 7) is 7.60. The minimum absolute atomic E-state index is 0.148. The van der Waals surface area contributed by atoms with Crippen LogP contribution in [0.4, 0.5) is 8.78 Å². The summed E-state index contributed by atoms with van der Waals surface area (Å²) < 4.78 is 28.9. The topological polar surface area (TPSA) is 86.3 Å². The number of amides is 1. The number of aromatic nitrogens is 3. The zero-order valence-electron chi connectivity index (χ0n) is 16.7. The van der Waals surface area contributed by atoms with Crippen molar-refractivity contribution < 1.29 is 13.6 Å². The highest BCUT2D eigenvalue weighted by molar-refractivity contribution is 5.76. The fourth-order valence-corrected chi connectivity index (χ4v) is 2.85. The third-order valence-corrected chi connectivity index (χ3v) is 4.70. The van der Waals surface area contributed by atoms with Crippen LogP contribution in [0.15, 0.2) is 57.9 Å². The Balaban J connectivity index is 2.44. The Kier molecular flexibility index (Phi) is 7.04. The quantitative estimate of drug-likeness (QED) is 0.598. The molecule has 1 unspecified atom stereocenters. The molecule has 0 spiro atoms. The highest BCUT2D eigenvalue weighted by Crippen LogP contribution is 2.21. The van der Waals surface area contributed by atoms with Crippen LogP contribution < -0.4 is 17.1 Å². The third kappa shape index (κ3) is 4.37. The van der Waals surface area contributed by atoms with Crippen LogP contribution in [0.3, 0.4) is 0 Å². The van der Waals surface area contributed by atoms with Crippen molar-refractivity contribution >= 4 is 5.91 Å². The molecule has 1 atom stereocenters. The first kappa shape index (κ1) is 22.7. The summed E-state index contributed by atoms with van der Waals surface area (Å²) >= 11 is 0. The molecule has 1 aromatic heterocycles. The second-order valence-corrected chi connectivity index (χ2v) is 6.59. The highest BCUT2D eigenvalue weighted by Gasteiger charge is 2.22. The molecule has 2 rings (SSSR count). The van der Waals surface area contributed by atoms with E-state index in [0.717, 1.165) is 21.3 Å². The number of hydrogen-bond donors (Lipinski definition) is 0. The molecule has 0 aliphatic carbocycles. The Morgan fingerprint density at radius 3 is 1.97 bits per heavy atom. The number of halogens is 2. The van der Waals surface area contributed by atoms with Crippen molar-refractivity contribution in [1.82, 2.24) is 18.6 Å². The van der Waals surface area contributed by atoms with Gasteiger partial charge < -0.3 is 4.90 Å². The predicted molar refractivity (Wildman–Crippen MR) is 107 cm³/mol. The van der Waals surface area contributed by atoms with Gasteiger partial charge in [0.25, 0.3) is 0 Å². The molecular formula is C20H22F2N4O4. The fraction of sp³-hybridized carbons (Fsp3) is 0.300. The van der Waals surface area contributed by atoms with Gasteiger partial charge in [-0.15, -0.1) is 13.2 Å². The van der Waals surface area contributed by atoms with E-state index in [9.17, 15) is 28.0 Å². The summed E-state index contributed by atoms with van der Waals surface area (Å²) in [4.78, 5) is 51.5. The SMILES string of the molecule is C=CCn1c(=O)n(CC=C)c(=O)n(CC(=O)N(C)C(C)c2ccc(F)c(F)c2)c1=O. The van der Waals surface area contributed by atoms with E-state index in [2.05, 4.69) is 13.2 Å². The minimum atomic E-state index is -1.06. The van der Waals surface area contributed by atoms with Crippen molar-refractivity contribution in [3.8, 4) is 0 Å². The first-order chi connectivity index (χ1) is 14.1. The van der Waals surface area contributed by atoms with E-state index in [1.54, 1.807) is 6.92 Å². The van der Waals surface area contributed by atoms with E-state index < -0.39 is 47.2 Å². The normalized spacial score (nSPS) is 11.7. The molecule has 0 saturated carbocycles. The number of benzene rings is 1. The first-order valence-corrected chi connectivity index (χ1v) is 9.00. The summed E-state index contributed by atoms with van der Waals surface area (Å²) in [5, 5.41) is 0. The van der Waals surface area contributed by atoms with Gasteiger partial charge in [-0.25, -0.2) is 36.9 Å². The third-order valence-electron chi connectivity index (χ3n) is 4.70. The Labute approximate surface area is 170 Å². The van der Waals surface area contributed by atoms with Crippen LogP contribution in [0.5, 0.6) is 0 Å². The summed E-state index contributed by atoms with van der Waals surface area (Å²) in [5.74, 6) is -2.71. The van der Waals surface area contributed by atoms with Crippen LogP contribution in [0.25, 0.3) is 0 Å². The maximum absolute atomic E-state index is 13.5.